The zero-order chi connectivity index (χ0) is 24.7. The van der Waals surface area contributed by atoms with Crippen molar-refractivity contribution >= 4 is 23.4 Å². The summed E-state index contributed by atoms with van der Waals surface area (Å²) in [5.41, 5.74) is -1.06. The van der Waals surface area contributed by atoms with Crippen LogP contribution in [0.15, 0.2) is 48.5 Å². The summed E-state index contributed by atoms with van der Waals surface area (Å²) in [6.07, 6.45) is 0.0377. The third-order valence-electron chi connectivity index (χ3n) is 5.93. The van der Waals surface area contributed by atoms with Crippen molar-refractivity contribution < 1.29 is 32.9 Å². The van der Waals surface area contributed by atoms with Gasteiger partial charge in [-0.2, -0.15) is 0 Å². The van der Waals surface area contributed by atoms with E-state index < -0.39 is 5.60 Å². The zero-order valence-corrected chi connectivity index (χ0v) is 20.0. The summed E-state index contributed by atoms with van der Waals surface area (Å²) in [6.45, 7) is 2.62. The summed E-state index contributed by atoms with van der Waals surface area (Å²) in [5.74, 6) is 0.281. The molecule has 2 aromatic rings. The molecule has 10 heteroatoms. The van der Waals surface area contributed by atoms with Crippen molar-refractivity contribution in [1.29, 1.82) is 0 Å². The average molecular weight is 507 g/mol. The molecule has 188 valence electrons. The lowest BCUT2D eigenvalue weighted by Crippen LogP contribution is -2.59. The number of amides is 2. The number of nitrogens with zero attached hydrogens (tertiary/aromatic N) is 2. The minimum atomic E-state index is -1.06. The molecule has 0 spiro atoms. The molecule has 0 aromatic heterocycles. The molecule has 2 aliphatic heterocycles. The number of hydrogen-bond acceptors (Lipinski definition) is 6. The number of carbonyl (C=O) groups excluding carboxylic acids is 2. The van der Waals surface area contributed by atoms with Crippen molar-refractivity contribution in [1.82, 2.24) is 9.80 Å². The van der Waals surface area contributed by atoms with E-state index in [-0.39, 0.29) is 50.4 Å². The Labute approximate surface area is 208 Å². The van der Waals surface area contributed by atoms with E-state index >= 15 is 0 Å². The van der Waals surface area contributed by atoms with Crippen LogP contribution in [0.4, 0.5) is 4.39 Å². The molecule has 4 rings (SSSR count). The summed E-state index contributed by atoms with van der Waals surface area (Å²) >= 11 is 5.89. The van der Waals surface area contributed by atoms with Crippen LogP contribution in [0.2, 0.25) is 5.02 Å². The van der Waals surface area contributed by atoms with E-state index in [0.717, 1.165) is 0 Å². The summed E-state index contributed by atoms with van der Waals surface area (Å²) in [5, 5.41) is 0.577. The van der Waals surface area contributed by atoms with E-state index in [1.807, 2.05) is 0 Å². The second-order valence-corrected chi connectivity index (χ2v) is 8.94. The first-order chi connectivity index (χ1) is 16.9. The highest BCUT2D eigenvalue weighted by Crippen LogP contribution is 2.26. The number of rotatable bonds is 8. The molecule has 8 nitrogen and oxygen atoms in total. The van der Waals surface area contributed by atoms with E-state index in [4.69, 9.17) is 30.5 Å². The molecule has 2 amide bonds. The lowest BCUT2D eigenvalue weighted by Gasteiger charge is -2.43. The third kappa shape index (κ3) is 7.06. The zero-order valence-electron chi connectivity index (χ0n) is 19.3. The maximum absolute atomic E-state index is 13.3. The molecule has 2 heterocycles. The normalized spacial score (nSPS) is 20.4. The summed E-state index contributed by atoms with van der Waals surface area (Å²) in [4.78, 5) is 29.4. The van der Waals surface area contributed by atoms with Crippen molar-refractivity contribution in [2.24, 2.45) is 0 Å². The van der Waals surface area contributed by atoms with Gasteiger partial charge in [-0.05, 0) is 48.5 Å². The molecular weight excluding hydrogens is 479 g/mol. The Kier molecular flexibility index (Phi) is 8.43. The maximum Gasteiger partial charge on any atom is 0.260 e. The van der Waals surface area contributed by atoms with Crippen molar-refractivity contribution in [3.63, 3.8) is 0 Å². The van der Waals surface area contributed by atoms with Crippen LogP contribution in [0.25, 0.3) is 0 Å². The predicted molar refractivity (Wildman–Crippen MR) is 126 cm³/mol. The minimum Gasteiger partial charge on any atom is -0.490 e. The van der Waals surface area contributed by atoms with Crippen LogP contribution in [0.3, 0.4) is 0 Å². The van der Waals surface area contributed by atoms with E-state index in [9.17, 15) is 14.0 Å². The van der Waals surface area contributed by atoms with Crippen LogP contribution in [0, 0.1) is 5.82 Å². The van der Waals surface area contributed by atoms with E-state index in [1.165, 1.54) is 24.3 Å². The molecule has 1 atom stereocenters. The van der Waals surface area contributed by atoms with Crippen molar-refractivity contribution in [2.45, 2.75) is 12.0 Å². The summed E-state index contributed by atoms with van der Waals surface area (Å²) in [7, 11) is 0. The van der Waals surface area contributed by atoms with Crippen LogP contribution in [-0.4, -0.2) is 86.4 Å². The maximum atomic E-state index is 13.3. The second kappa shape index (κ2) is 11.7. The lowest BCUT2D eigenvalue weighted by molar-refractivity contribution is -0.168. The van der Waals surface area contributed by atoms with Gasteiger partial charge in [-0.1, -0.05) is 11.6 Å². The largest absolute Gasteiger partial charge is 0.490 e. The molecule has 0 unspecified atom stereocenters. The molecule has 0 saturated carbocycles. The van der Waals surface area contributed by atoms with E-state index in [1.54, 1.807) is 34.1 Å². The molecule has 2 fully saturated rings. The highest BCUT2D eigenvalue weighted by atomic mass is 35.5. The van der Waals surface area contributed by atoms with Gasteiger partial charge in [-0.3, -0.25) is 9.59 Å². The Balaban J connectivity index is 1.43. The van der Waals surface area contributed by atoms with Crippen LogP contribution in [0.5, 0.6) is 11.5 Å². The van der Waals surface area contributed by atoms with Gasteiger partial charge in [-0.25, -0.2) is 4.39 Å². The minimum absolute atomic E-state index is 0.0243. The van der Waals surface area contributed by atoms with Crippen LogP contribution >= 0.6 is 11.6 Å². The lowest BCUT2D eigenvalue weighted by atomic mass is 9.96. The number of halogens is 2. The van der Waals surface area contributed by atoms with Crippen LogP contribution in [0.1, 0.15) is 6.42 Å². The Bertz CT molecular complexity index is 1000. The van der Waals surface area contributed by atoms with Gasteiger partial charge in [0.05, 0.1) is 32.8 Å². The van der Waals surface area contributed by atoms with Gasteiger partial charge in [0, 0.05) is 24.7 Å². The Morgan fingerprint density at radius 2 is 1.51 bits per heavy atom. The Morgan fingerprint density at radius 1 is 0.886 bits per heavy atom. The SMILES string of the molecule is O=C(C[C@]1(COc2ccc(F)cc2)CN(C(=O)COc2ccc(Cl)cc2)CCO1)N1CCOCC1. The molecule has 0 radical (unpaired) electrons. The molecule has 2 aliphatic rings. The molecule has 0 aliphatic carbocycles. The van der Waals surface area contributed by atoms with Crippen molar-refractivity contribution in [2.75, 3.05) is 59.2 Å². The number of carbonyl (C=O) groups is 2. The first-order valence-electron chi connectivity index (χ1n) is 11.5. The highest BCUT2D eigenvalue weighted by molar-refractivity contribution is 6.30. The monoisotopic (exact) mass is 506 g/mol. The van der Waals surface area contributed by atoms with Gasteiger partial charge in [0.1, 0.15) is 29.5 Å². The van der Waals surface area contributed by atoms with Gasteiger partial charge >= 0.3 is 0 Å². The van der Waals surface area contributed by atoms with Gasteiger partial charge < -0.3 is 28.7 Å². The van der Waals surface area contributed by atoms with Gasteiger partial charge in [-0.15, -0.1) is 0 Å². The fourth-order valence-electron chi connectivity index (χ4n) is 4.02. The predicted octanol–water partition coefficient (Wildman–Crippen LogP) is 2.78. The first kappa shape index (κ1) is 25.2. The highest BCUT2D eigenvalue weighted by Gasteiger charge is 2.42. The standard InChI is InChI=1S/C25H28ClFN2O6/c26-19-1-5-21(6-2-19)33-16-24(31)29-11-14-35-25(17-29,15-23(30)28-9-12-32-13-10-28)18-34-22-7-3-20(27)4-8-22/h1-8H,9-18H2/t25-/m1/s1. The molecule has 0 bridgehead atoms. The van der Waals surface area contributed by atoms with Gasteiger partial charge in [0.25, 0.3) is 5.91 Å². The average Bonchev–Trinajstić information content (AvgIpc) is 2.88. The first-order valence-corrected chi connectivity index (χ1v) is 11.8. The van der Waals surface area contributed by atoms with Crippen molar-refractivity contribution in [3.8, 4) is 11.5 Å². The number of ether oxygens (including phenoxy) is 4. The Morgan fingerprint density at radius 3 is 2.23 bits per heavy atom. The van der Waals surface area contributed by atoms with E-state index in [2.05, 4.69) is 0 Å². The fraction of sp³-hybridized carbons (Fsp3) is 0.440. The van der Waals surface area contributed by atoms with Gasteiger partial charge in [0.2, 0.25) is 5.91 Å². The number of hydrogen-bond donors (Lipinski definition) is 0. The van der Waals surface area contributed by atoms with Crippen LogP contribution < -0.4 is 9.47 Å². The molecule has 2 aromatic carbocycles. The molecule has 0 N–H and O–H groups in total. The topological polar surface area (TPSA) is 77.5 Å². The quantitative estimate of drug-likeness (QED) is 0.548. The van der Waals surface area contributed by atoms with E-state index in [0.29, 0.717) is 49.4 Å². The van der Waals surface area contributed by atoms with Crippen molar-refractivity contribution in [3.05, 3.63) is 59.4 Å². The van der Waals surface area contributed by atoms with Gasteiger partial charge in [0.15, 0.2) is 6.61 Å². The number of benzene rings is 2. The van der Waals surface area contributed by atoms with Crippen LogP contribution in [-0.2, 0) is 19.1 Å². The summed E-state index contributed by atoms with van der Waals surface area (Å²) in [6, 6.07) is 12.4. The molecule has 35 heavy (non-hydrogen) atoms. The summed E-state index contributed by atoms with van der Waals surface area (Å²) < 4.78 is 36.2. The smallest absolute Gasteiger partial charge is 0.260 e. The molecular formula is C25H28ClFN2O6. The Hall–Kier alpha value is -2.88. The molecule has 2 saturated heterocycles. The fourth-order valence-corrected chi connectivity index (χ4v) is 4.14. The number of morpholine rings is 2. The third-order valence-corrected chi connectivity index (χ3v) is 6.18. The second-order valence-electron chi connectivity index (χ2n) is 8.50.